The second kappa shape index (κ2) is 2.03. The first-order valence-corrected chi connectivity index (χ1v) is 1.74. The van der Waals surface area contributed by atoms with Crippen molar-refractivity contribution in [3.8, 4) is 0 Å². The Bertz CT molecular complexity index is 85.4. The number of carboxylic acid groups (broad SMARTS) is 1. The van der Waals surface area contributed by atoms with Crippen LogP contribution in [-0.4, -0.2) is 16.4 Å². The zero-order valence-electron chi connectivity index (χ0n) is 4.23. The van der Waals surface area contributed by atoms with Crippen LogP contribution in [0.3, 0.4) is 0 Å². The van der Waals surface area contributed by atoms with E-state index < -0.39 is 11.3 Å². The van der Waals surface area contributed by atoms with Crippen molar-refractivity contribution in [2.75, 3.05) is 0 Å². The van der Waals surface area contributed by atoms with Crippen LogP contribution in [0.5, 0.6) is 0 Å². The molecule has 1 unspecified atom stereocenters. The molecule has 0 saturated carbocycles. The summed E-state index contributed by atoms with van der Waals surface area (Å²) in [6, 6.07) is 0. The number of carboxylic acids is 1. The molecule has 0 saturated heterocycles. The van der Waals surface area contributed by atoms with E-state index in [0.29, 0.717) is 0 Å². The van der Waals surface area contributed by atoms with Crippen LogP contribution in [0, 0.1) is 0 Å². The number of alkyl halides is 1. The van der Waals surface area contributed by atoms with Gasteiger partial charge in [0.15, 0.2) is 0 Å². The van der Waals surface area contributed by atoms with Crippen molar-refractivity contribution in [3.63, 3.8) is 0 Å². The topological polar surface area (TPSA) is 37.3 Å². The van der Waals surface area contributed by atoms with Crippen LogP contribution in [-0.2, 0) is 4.79 Å². The normalized spacial score (nSPS) is 21.3. The van der Waals surface area contributed by atoms with Crippen molar-refractivity contribution < 1.29 is 11.3 Å². The third-order valence-electron chi connectivity index (χ3n) is 0.295. The molecule has 6 heavy (non-hydrogen) atoms. The monoisotopic (exact) mass is 109 g/mol. The molecule has 1 atom stereocenters. The van der Waals surface area contributed by atoms with E-state index in [9.17, 15) is 4.79 Å². The summed E-state index contributed by atoms with van der Waals surface area (Å²) in [5.41, 5.74) is 0. The molecule has 0 spiro atoms. The van der Waals surface area contributed by atoms with Crippen LogP contribution in [0.4, 0.5) is 0 Å². The van der Waals surface area contributed by atoms with E-state index in [-0.39, 0.29) is 0 Å². The maximum atomic E-state index is 9.70. The van der Waals surface area contributed by atoms with Crippen molar-refractivity contribution in [1.82, 2.24) is 0 Å². The predicted octanol–water partition coefficient (Wildman–Crippen LogP) is 0.698. The fourth-order valence-electron chi connectivity index (χ4n) is 0. The Kier molecular flexibility index (Phi) is 1.33. The molecule has 0 aromatic heterocycles. The molecule has 0 aliphatic rings. The van der Waals surface area contributed by atoms with Gasteiger partial charge in [0.1, 0.15) is 5.35 Å². The van der Waals surface area contributed by atoms with Crippen LogP contribution in [0.1, 0.15) is 8.29 Å². The highest BCUT2D eigenvalue weighted by Crippen LogP contribution is 1.89. The average molecular weight is 110 g/mol. The molecule has 0 aliphatic heterocycles. The maximum Gasteiger partial charge on any atom is 0.321 e. The molecule has 0 amide bonds. The summed E-state index contributed by atoms with van der Waals surface area (Å²) >= 11 is 4.94. The fourth-order valence-corrected chi connectivity index (χ4v) is 0. The lowest BCUT2D eigenvalue weighted by molar-refractivity contribution is -0.136. The summed E-state index contributed by atoms with van der Waals surface area (Å²) in [7, 11) is 0. The van der Waals surface area contributed by atoms with E-state index in [1.807, 2.05) is 0 Å². The lowest BCUT2D eigenvalue weighted by Crippen LogP contribution is -2.06. The number of rotatable bonds is 1. The van der Waals surface area contributed by atoms with Gasteiger partial charge in [0.2, 0.25) is 0 Å². The minimum absolute atomic E-state index is 1.09. The highest BCUT2D eigenvalue weighted by molar-refractivity contribution is 6.29. The first kappa shape index (κ1) is 3.93. The lowest BCUT2D eigenvalue weighted by Gasteiger charge is -1.86. The number of aliphatic carboxylic acids is 1. The maximum absolute atomic E-state index is 9.70. The van der Waals surface area contributed by atoms with E-state index in [1.165, 1.54) is 0 Å². The van der Waals surface area contributed by atoms with Gasteiger partial charge in [-0.15, -0.1) is 11.6 Å². The van der Waals surface area contributed by atoms with Gasteiger partial charge in [-0.25, -0.2) is 0 Å². The lowest BCUT2D eigenvalue weighted by atomic mass is 10.5. The Morgan fingerprint density at radius 2 is 2.50 bits per heavy atom. The molecule has 0 bridgehead atoms. The van der Waals surface area contributed by atoms with Crippen LogP contribution in [0.2, 0.25) is 0 Å². The largest absolute Gasteiger partial charge is 0.480 e. The van der Waals surface area contributed by atoms with Gasteiger partial charge in [-0.1, -0.05) is 0 Å². The highest BCUT2D eigenvalue weighted by Gasteiger charge is 2.02. The van der Waals surface area contributed by atoms with Crippen LogP contribution in [0.15, 0.2) is 0 Å². The van der Waals surface area contributed by atoms with E-state index in [1.54, 1.807) is 0 Å². The molecule has 0 radical (unpaired) electrons. The second-order valence-electron chi connectivity index (χ2n) is 0.839. The van der Waals surface area contributed by atoms with Crippen LogP contribution in [0.25, 0.3) is 0 Å². The van der Waals surface area contributed by atoms with Gasteiger partial charge in [-0.3, -0.25) is 4.79 Å². The zero-order valence-corrected chi connectivity index (χ0v) is 3.99. The molecule has 0 heterocycles. The van der Waals surface area contributed by atoms with Crippen molar-refractivity contribution in [2.24, 2.45) is 0 Å². The van der Waals surface area contributed by atoms with Gasteiger partial charge in [0, 0.05) is 0 Å². The quantitative estimate of drug-likeness (QED) is 0.504. The minimum atomic E-state index is -1.86. The Hall–Kier alpha value is -0.240. The van der Waals surface area contributed by atoms with E-state index in [0.717, 1.165) is 6.92 Å². The summed E-state index contributed by atoms with van der Waals surface area (Å²) in [4.78, 5) is 9.70. The molecule has 0 rings (SSSR count). The Labute approximate surface area is 42.1 Å². The molecular formula is C3H5ClO2. The summed E-state index contributed by atoms with van der Waals surface area (Å²) in [6.07, 6.45) is 0. The Morgan fingerprint density at radius 3 is 2.50 bits per heavy atom. The zero-order chi connectivity index (χ0) is 6.08. The van der Waals surface area contributed by atoms with Gasteiger partial charge < -0.3 is 5.11 Å². The molecule has 1 N–H and O–H groups in total. The summed E-state index contributed by atoms with van der Waals surface area (Å²) < 4.78 is 6.55. The van der Waals surface area contributed by atoms with E-state index in [4.69, 9.17) is 18.1 Å². The third-order valence-corrected chi connectivity index (χ3v) is 0.456. The fraction of sp³-hybridized carbons (Fsp3) is 0.667. The molecule has 36 valence electrons. The number of carbonyl (C=O) groups is 1. The summed E-state index contributed by atoms with van der Waals surface area (Å²) in [5, 5.41) is 6.07. The number of halogens is 1. The van der Waals surface area contributed by atoms with E-state index >= 15 is 0 Å². The SMILES string of the molecule is [2H]C(C)(Cl)C(=O)O. The second-order valence-corrected chi connectivity index (χ2v) is 1.41. The Morgan fingerprint density at radius 1 is 2.33 bits per heavy atom. The first-order valence-electron chi connectivity index (χ1n) is 1.87. The highest BCUT2D eigenvalue weighted by atomic mass is 35.5. The number of hydrogen-bond donors (Lipinski definition) is 1. The van der Waals surface area contributed by atoms with Crippen molar-refractivity contribution in [1.29, 1.82) is 0 Å². The van der Waals surface area contributed by atoms with Gasteiger partial charge in [0.05, 0.1) is 1.37 Å². The number of hydrogen-bond acceptors (Lipinski definition) is 1. The summed E-state index contributed by atoms with van der Waals surface area (Å²) in [6.45, 7) is 1.09. The third kappa shape index (κ3) is 2.03. The molecule has 0 aromatic carbocycles. The molecule has 0 aromatic rings. The van der Waals surface area contributed by atoms with Gasteiger partial charge in [0.25, 0.3) is 0 Å². The van der Waals surface area contributed by atoms with Crippen molar-refractivity contribution in [2.45, 2.75) is 12.3 Å². The predicted molar refractivity (Wildman–Crippen MR) is 23.0 cm³/mol. The summed E-state index contributed by atoms with van der Waals surface area (Å²) in [5.74, 6) is -1.32. The van der Waals surface area contributed by atoms with Gasteiger partial charge >= 0.3 is 5.97 Å². The standard InChI is InChI=1S/C3H5ClO2/c1-2(4)3(5)6/h2H,1H3,(H,5,6)/i2D. The molecule has 3 heteroatoms. The Balaban J connectivity index is 3.79. The molecular weight excluding hydrogens is 103 g/mol. The van der Waals surface area contributed by atoms with Gasteiger partial charge in [-0.2, -0.15) is 0 Å². The minimum Gasteiger partial charge on any atom is -0.480 e. The average Bonchev–Trinajstić information content (AvgIpc) is 1.31. The molecule has 0 aliphatic carbocycles. The van der Waals surface area contributed by atoms with E-state index in [2.05, 4.69) is 0 Å². The first-order chi connectivity index (χ1) is 2.94. The molecule has 2 nitrogen and oxygen atoms in total. The van der Waals surface area contributed by atoms with Crippen molar-refractivity contribution >= 4 is 17.6 Å². The smallest absolute Gasteiger partial charge is 0.321 e. The van der Waals surface area contributed by atoms with Crippen LogP contribution >= 0.6 is 11.6 Å². The van der Waals surface area contributed by atoms with Gasteiger partial charge in [-0.05, 0) is 6.92 Å². The van der Waals surface area contributed by atoms with Crippen LogP contribution < -0.4 is 0 Å². The van der Waals surface area contributed by atoms with Crippen molar-refractivity contribution in [3.05, 3.63) is 0 Å². The molecule has 0 fully saturated rings.